The summed E-state index contributed by atoms with van der Waals surface area (Å²) < 4.78 is 91.8. The quantitative estimate of drug-likeness (QED) is 0.634. The van der Waals surface area contributed by atoms with Crippen molar-refractivity contribution >= 4 is 22.4 Å². The first-order valence-electron chi connectivity index (χ1n) is 9.68. The number of pyridine rings is 1. The molecule has 5 atom stereocenters. The van der Waals surface area contributed by atoms with E-state index in [1.807, 2.05) is 0 Å². The molecule has 2 aromatic rings. The van der Waals surface area contributed by atoms with Crippen LogP contribution < -0.4 is 10.1 Å². The number of methoxy groups -OCH3 is 1. The van der Waals surface area contributed by atoms with Crippen molar-refractivity contribution in [1.82, 2.24) is 4.98 Å². The van der Waals surface area contributed by atoms with Crippen molar-refractivity contribution in [3.63, 3.8) is 0 Å². The lowest BCUT2D eigenvalue weighted by atomic mass is 9.77. The number of carbonyl (C=O) groups excluding carboxylic acids is 1. The number of hydrogen-bond acceptors (Lipinski definition) is 5. The van der Waals surface area contributed by atoms with Crippen molar-refractivity contribution in [2.24, 2.45) is 5.92 Å². The molecule has 0 spiro atoms. The van der Waals surface area contributed by atoms with E-state index in [1.54, 1.807) is 0 Å². The minimum Gasteiger partial charge on any atom is -0.493 e. The van der Waals surface area contributed by atoms with Gasteiger partial charge in [0.15, 0.2) is 17.2 Å². The number of hydrogen-bond donors (Lipinski definition) is 1. The molecule has 2 heterocycles. The lowest BCUT2D eigenvalue weighted by molar-refractivity contribution is -0.272. The number of nitrogens with zero attached hydrogens (tertiary/aromatic N) is 1. The number of alkyl halides is 3. The zero-order valence-electron chi connectivity index (χ0n) is 18.0. The number of amides is 1. The zero-order chi connectivity index (χ0) is 24.7. The highest BCUT2D eigenvalue weighted by molar-refractivity contribution is 7.84. The highest BCUT2D eigenvalue weighted by Gasteiger charge is 2.65. The molecule has 1 aliphatic rings. The Kier molecular flexibility index (Phi) is 6.81. The van der Waals surface area contributed by atoms with E-state index in [1.165, 1.54) is 31.5 Å². The maximum atomic E-state index is 14.4. The molecule has 0 radical (unpaired) electrons. The van der Waals surface area contributed by atoms with Gasteiger partial charge in [-0.1, -0.05) is 13.0 Å². The molecule has 1 aromatic heterocycles. The van der Waals surface area contributed by atoms with Gasteiger partial charge in [0.2, 0.25) is 5.82 Å². The fraction of sp³-hybridized carbons (Fsp3) is 0.429. The Hall–Kier alpha value is -2.60. The minimum absolute atomic E-state index is 0.132. The second kappa shape index (κ2) is 8.98. The Morgan fingerprint density at radius 3 is 2.52 bits per heavy atom. The number of nitrogens with one attached hydrogen (secondary N) is 1. The zero-order valence-corrected chi connectivity index (χ0v) is 18.8. The summed E-state index contributed by atoms with van der Waals surface area (Å²) in [5, 5.41) is 2.58. The molecule has 3 rings (SSSR count). The van der Waals surface area contributed by atoms with Gasteiger partial charge >= 0.3 is 6.18 Å². The van der Waals surface area contributed by atoms with Crippen molar-refractivity contribution in [3.05, 3.63) is 47.7 Å². The molecule has 1 unspecified atom stereocenters. The van der Waals surface area contributed by atoms with E-state index in [0.29, 0.717) is 0 Å². The molecule has 0 bridgehead atoms. The van der Waals surface area contributed by atoms with E-state index < -0.39 is 63.8 Å². The summed E-state index contributed by atoms with van der Waals surface area (Å²) >= 11 is 0. The van der Waals surface area contributed by atoms with E-state index in [-0.39, 0.29) is 16.3 Å². The van der Waals surface area contributed by atoms with Crippen molar-refractivity contribution in [1.29, 1.82) is 0 Å². The lowest BCUT2D eigenvalue weighted by Crippen LogP contribution is -2.47. The van der Waals surface area contributed by atoms with E-state index in [0.717, 1.165) is 26.2 Å². The van der Waals surface area contributed by atoms with Gasteiger partial charge < -0.3 is 14.8 Å². The summed E-state index contributed by atoms with van der Waals surface area (Å²) in [4.78, 5) is 17.0. The van der Waals surface area contributed by atoms with Gasteiger partial charge in [-0.2, -0.15) is 17.6 Å². The van der Waals surface area contributed by atoms with Gasteiger partial charge in [0.05, 0.1) is 17.9 Å². The second-order valence-electron chi connectivity index (χ2n) is 7.77. The van der Waals surface area contributed by atoms with Crippen LogP contribution in [0.15, 0.2) is 35.5 Å². The second-order valence-corrected chi connectivity index (χ2v) is 9.09. The van der Waals surface area contributed by atoms with Crippen LogP contribution in [-0.4, -0.2) is 46.3 Å². The summed E-state index contributed by atoms with van der Waals surface area (Å²) in [5.41, 5.74) is -2.76. The van der Waals surface area contributed by atoms with Gasteiger partial charge in [0.1, 0.15) is 11.1 Å². The van der Waals surface area contributed by atoms with Crippen LogP contribution in [0.5, 0.6) is 5.75 Å². The standard InChI is InChI=1S/C21H21F5N2O4S/c1-10-15(12-5-6-13(22)16(23)17(12)31-3)18(32-20(10,2)21(24,25)26)19(29)28-11-7-8-27-14(9-11)33(4)30/h5-10,15,18H,1-4H3,(H,27,28,29)/t10-,15-,18?,20+,33-/m0/s1. The summed E-state index contributed by atoms with van der Waals surface area (Å²) in [7, 11) is -0.423. The van der Waals surface area contributed by atoms with Crippen LogP contribution >= 0.6 is 0 Å². The molecule has 12 heteroatoms. The number of rotatable bonds is 5. The Balaban J connectivity index is 2.07. The largest absolute Gasteiger partial charge is 0.493 e. The number of halogens is 5. The van der Waals surface area contributed by atoms with Gasteiger partial charge in [0, 0.05) is 35.5 Å². The predicted molar refractivity (Wildman–Crippen MR) is 109 cm³/mol. The van der Waals surface area contributed by atoms with Crippen LogP contribution in [0.25, 0.3) is 0 Å². The normalized spacial score (nSPS) is 26.2. The van der Waals surface area contributed by atoms with Crippen LogP contribution in [0, 0.1) is 17.6 Å². The Labute approximate surface area is 188 Å². The Bertz CT molecular complexity index is 1100. The molecule has 0 saturated carbocycles. The molecular formula is C21H21F5N2O4S. The third kappa shape index (κ3) is 4.45. The topological polar surface area (TPSA) is 77.5 Å². The highest BCUT2D eigenvalue weighted by Crippen LogP contribution is 2.55. The number of ether oxygens (including phenoxy) is 2. The molecule has 180 valence electrons. The van der Waals surface area contributed by atoms with Crippen LogP contribution in [0.4, 0.5) is 27.6 Å². The molecule has 33 heavy (non-hydrogen) atoms. The Morgan fingerprint density at radius 2 is 1.94 bits per heavy atom. The highest BCUT2D eigenvalue weighted by atomic mass is 32.2. The third-order valence-electron chi connectivity index (χ3n) is 5.87. The van der Waals surface area contributed by atoms with Gasteiger partial charge in [-0.15, -0.1) is 0 Å². The third-order valence-corrected chi connectivity index (χ3v) is 6.68. The molecule has 1 aromatic carbocycles. The molecule has 1 fully saturated rings. The van der Waals surface area contributed by atoms with E-state index in [2.05, 4.69) is 10.3 Å². The monoisotopic (exact) mass is 492 g/mol. The van der Waals surface area contributed by atoms with Crippen LogP contribution in [-0.2, 0) is 20.3 Å². The molecule has 1 N–H and O–H groups in total. The summed E-state index contributed by atoms with van der Waals surface area (Å²) in [6.07, 6.45) is -3.95. The van der Waals surface area contributed by atoms with Gasteiger partial charge in [-0.25, -0.2) is 9.37 Å². The first-order chi connectivity index (χ1) is 15.3. The van der Waals surface area contributed by atoms with Gasteiger partial charge in [-0.3, -0.25) is 9.00 Å². The number of benzene rings is 1. The fourth-order valence-electron chi connectivity index (χ4n) is 3.90. The molecule has 1 saturated heterocycles. The maximum Gasteiger partial charge on any atom is 0.417 e. The smallest absolute Gasteiger partial charge is 0.417 e. The average Bonchev–Trinajstić information content (AvgIpc) is 3.02. The summed E-state index contributed by atoms with van der Waals surface area (Å²) in [6.45, 7) is 2.02. The van der Waals surface area contributed by atoms with E-state index >= 15 is 0 Å². The maximum absolute atomic E-state index is 14.4. The molecular weight excluding hydrogens is 471 g/mol. The van der Waals surface area contributed by atoms with Crippen molar-refractivity contribution in [3.8, 4) is 5.75 Å². The molecule has 1 aliphatic heterocycles. The van der Waals surface area contributed by atoms with Crippen molar-refractivity contribution in [2.45, 2.75) is 42.7 Å². The number of anilines is 1. The van der Waals surface area contributed by atoms with Crippen molar-refractivity contribution < 1.29 is 40.4 Å². The van der Waals surface area contributed by atoms with Crippen LogP contribution in [0.1, 0.15) is 25.3 Å². The molecule has 6 nitrogen and oxygen atoms in total. The average molecular weight is 492 g/mol. The number of aromatic nitrogens is 1. The first-order valence-corrected chi connectivity index (χ1v) is 11.2. The molecule has 1 amide bonds. The van der Waals surface area contributed by atoms with Crippen molar-refractivity contribution in [2.75, 3.05) is 18.7 Å². The van der Waals surface area contributed by atoms with Crippen LogP contribution in [0.2, 0.25) is 0 Å². The van der Waals surface area contributed by atoms with E-state index in [4.69, 9.17) is 9.47 Å². The number of carbonyl (C=O) groups is 1. The fourth-order valence-corrected chi connectivity index (χ4v) is 4.40. The van der Waals surface area contributed by atoms with Crippen LogP contribution in [0.3, 0.4) is 0 Å². The summed E-state index contributed by atoms with van der Waals surface area (Å²) in [5.74, 6) is -6.89. The minimum atomic E-state index is -4.87. The predicted octanol–water partition coefficient (Wildman–Crippen LogP) is 4.18. The molecule has 0 aliphatic carbocycles. The van der Waals surface area contributed by atoms with Gasteiger partial charge in [0.25, 0.3) is 5.91 Å². The first kappa shape index (κ1) is 25.0. The SMILES string of the molecule is COc1c([C@H]2C(C(=O)Nc3ccnc([S@](C)=O)c3)O[C@@](C)(C(F)(F)F)[C@H]2C)ccc(F)c1F. The lowest BCUT2D eigenvalue weighted by Gasteiger charge is -2.32. The van der Waals surface area contributed by atoms with E-state index in [9.17, 15) is 31.0 Å². The van der Waals surface area contributed by atoms with Gasteiger partial charge in [-0.05, 0) is 25.1 Å². The summed E-state index contributed by atoms with van der Waals surface area (Å²) in [6, 6.07) is 4.50. The Morgan fingerprint density at radius 1 is 1.27 bits per heavy atom.